The van der Waals surface area contributed by atoms with Crippen LogP contribution < -0.4 is 4.74 Å². The second-order valence-corrected chi connectivity index (χ2v) is 5.31. The molecule has 0 aliphatic heterocycles. The first-order valence-corrected chi connectivity index (χ1v) is 7.61. The monoisotopic (exact) mass is 260 g/mol. The van der Waals surface area contributed by atoms with E-state index in [1.54, 1.807) is 0 Å². The van der Waals surface area contributed by atoms with Crippen molar-refractivity contribution >= 4 is 6.08 Å². The highest BCUT2D eigenvalue weighted by atomic mass is 16.5. The normalized spacial score (nSPS) is 11.3. The van der Waals surface area contributed by atoms with Crippen molar-refractivity contribution in [2.45, 2.75) is 64.9 Å². The predicted octanol–water partition coefficient (Wildman–Crippen LogP) is 5.85. The zero-order chi connectivity index (χ0) is 14.1. The summed E-state index contributed by atoms with van der Waals surface area (Å²) in [5.41, 5.74) is 1.13. The predicted molar refractivity (Wildman–Crippen MR) is 84.6 cm³/mol. The van der Waals surface area contributed by atoms with Crippen molar-refractivity contribution in [3.63, 3.8) is 0 Å². The zero-order valence-corrected chi connectivity index (χ0v) is 12.7. The van der Waals surface area contributed by atoms with Crippen molar-refractivity contribution in [3.05, 3.63) is 36.4 Å². The van der Waals surface area contributed by atoms with Gasteiger partial charge in [-0.25, -0.2) is 0 Å². The number of hydrogen-bond acceptors (Lipinski definition) is 1. The number of ether oxygens (including phenoxy) is 1. The number of hydrogen-bond donors (Lipinski definition) is 0. The maximum absolute atomic E-state index is 6.42. The Labute approximate surface area is 118 Å². The van der Waals surface area contributed by atoms with Gasteiger partial charge < -0.3 is 4.74 Å². The van der Waals surface area contributed by atoms with E-state index in [4.69, 9.17) is 4.74 Å². The van der Waals surface area contributed by atoms with E-state index < -0.39 is 0 Å². The molecule has 106 valence electrons. The minimum Gasteiger partial charge on any atom is -0.487 e. The fraction of sp³-hybridized carbons (Fsp3) is 0.556. The molecule has 0 fully saturated rings. The number of benzene rings is 1. The van der Waals surface area contributed by atoms with Gasteiger partial charge in [-0.05, 0) is 37.0 Å². The Morgan fingerprint density at radius 1 is 1.05 bits per heavy atom. The van der Waals surface area contributed by atoms with Gasteiger partial charge in [-0.2, -0.15) is 0 Å². The van der Waals surface area contributed by atoms with Gasteiger partial charge in [0, 0.05) is 0 Å². The van der Waals surface area contributed by atoms with E-state index in [9.17, 15) is 0 Å². The van der Waals surface area contributed by atoms with Crippen molar-refractivity contribution in [1.29, 1.82) is 0 Å². The average Bonchev–Trinajstić information content (AvgIpc) is 2.40. The van der Waals surface area contributed by atoms with Gasteiger partial charge in [0.25, 0.3) is 0 Å². The van der Waals surface area contributed by atoms with Crippen LogP contribution in [0, 0.1) is 0 Å². The molecule has 19 heavy (non-hydrogen) atoms. The van der Waals surface area contributed by atoms with Gasteiger partial charge in [0.05, 0.1) is 0 Å². The summed E-state index contributed by atoms with van der Waals surface area (Å²) in [5.74, 6) is 0.979. The molecule has 1 heteroatoms. The Kier molecular flexibility index (Phi) is 6.69. The number of rotatable bonds is 9. The van der Waals surface area contributed by atoms with Crippen LogP contribution in [0.25, 0.3) is 6.08 Å². The molecule has 0 bridgehead atoms. The molecule has 0 heterocycles. The van der Waals surface area contributed by atoms with Crippen LogP contribution in [0.2, 0.25) is 0 Å². The highest BCUT2D eigenvalue weighted by molar-refractivity contribution is 5.49. The molecule has 0 amide bonds. The van der Waals surface area contributed by atoms with Gasteiger partial charge in [0.1, 0.15) is 11.4 Å². The van der Waals surface area contributed by atoms with Crippen LogP contribution in [0.4, 0.5) is 0 Å². The van der Waals surface area contributed by atoms with Crippen molar-refractivity contribution in [1.82, 2.24) is 0 Å². The fourth-order valence-electron chi connectivity index (χ4n) is 2.85. The van der Waals surface area contributed by atoms with Gasteiger partial charge >= 0.3 is 0 Å². The Morgan fingerprint density at radius 2 is 1.63 bits per heavy atom. The van der Waals surface area contributed by atoms with Crippen molar-refractivity contribution in [2.24, 2.45) is 0 Å². The van der Waals surface area contributed by atoms with E-state index in [0.29, 0.717) is 0 Å². The molecule has 1 nitrogen and oxygen atoms in total. The molecular formula is C18H28O. The molecule has 0 spiro atoms. The third-order valence-corrected chi connectivity index (χ3v) is 3.54. The van der Waals surface area contributed by atoms with Gasteiger partial charge in [-0.1, -0.05) is 64.8 Å². The second kappa shape index (κ2) is 8.04. The summed E-state index contributed by atoms with van der Waals surface area (Å²) in [6.07, 6.45) is 8.77. The summed E-state index contributed by atoms with van der Waals surface area (Å²) >= 11 is 0. The molecule has 1 aromatic carbocycles. The van der Waals surface area contributed by atoms with E-state index in [1.165, 1.54) is 19.3 Å². The topological polar surface area (TPSA) is 9.23 Å². The first-order chi connectivity index (χ1) is 9.19. The molecule has 0 saturated heterocycles. The van der Waals surface area contributed by atoms with Gasteiger partial charge in [-0.15, -0.1) is 0 Å². The van der Waals surface area contributed by atoms with Crippen LogP contribution in [0.5, 0.6) is 5.75 Å². The Balaban J connectivity index is 2.93. The lowest BCUT2D eigenvalue weighted by atomic mass is 9.88. The molecule has 0 aliphatic carbocycles. The molecule has 0 saturated carbocycles. The maximum Gasteiger partial charge on any atom is 0.120 e. The van der Waals surface area contributed by atoms with Crippen LogP contribution in [0.1, 0.15) is 64.9 Å². The van der Waals surface area contributed by atoms with Crippen LogP contribution in [-0.4, -0.2) is 5.60 Å². The summed E-state index contributed by atoms with van der Waals surface area (Å²) < 4.78 is 6.42. The lowest BCUT2D eigenvalue weighted by Gasteiger charge is -2.34. The smallest absolute Gasteiger partial charge is 0.120 e. The largest absolute Gasteiger partial charge is 0.487 e. The second-order valence-electron chi connectivity index (χ2n) is 5.31. The summed E-state index contributed by atoms with van der Waals surface area (Å²) in [6, 6.07) is 8.24. The molecule has 1 aromatic rings. The third kappa shape index (κ3) is 4.74. The lowest BCUT2D eigenvalue weighted by Crippen LogP contribution is -2.35. The Morgan fingerprint density at radius 3 is 2.11 bits per heavy atom. The summed E-state index contributed by atoms with van der Waals surface area (Å²) in [5, 5.41) is 0. The molecular weight excluding hydrogens is 232 g/mol. The summed E-state index contributed by atoms with van der Waals surface area (Å²) in [4.78, 5) is 0. The first-order valence-electron chi connectivity index (χ1n) is 7.61. The van der Waals surface area contributed by atoms with Gasteiger partial charge in [0.2, 0.25) is 0 Å². The van der Waals surface area contributed by atoms with E-state index in [1.807, 2.05) is 12.1 Å². The molecule has 0 aliphatic rings. The van der Waals surface area contributed by atoms with Crippen LogP contribution in [0.3, 0.4) is 0 Å². The van der Waals surface area contributed by atoms with E-state index in [2.05, 4.69) is 45.5 Å². The van der Waals surface area contributed by atoms with Gasteiger partial charge in [-0.3, -0.25) is 0 Å². The van der Waals surface area contributed by atoms with E-state index >= 15 is 0 Å². The van der Waals surface area contributed by atoms with Gasteiger partial charge in [0.15, 0.2) is 0 Å². The molecule has 0 unspecified atom stereocenters. The average molecular weight is 260 g/mol. The van der Waals surface area contributed by atoms with Crippen LogP contribution in [0.15, 0.2) is 30.8 Å². The highest BCUT2D eigenvalue weighted by Crippen LogP contribution is 2.32. The van der Waals surface area contributed by atoms with Crippen molar-refractivity contribution < 1.29 is 4.74 Å². The van der Waals surface area contributed by atoms with Crippen molar-refractivity contribution in [3.8, 4) is 5.75 Å². The Bertz CT molecular complexity index is 364. The standard InChI is InChI=1S/C18H28O/c1-5-12-18(13-6-2,14-7-3)19-17-11-9-10-16(8-4)15-17/h8-11,15H,4-7,12-14H2,1-3H3. The molecule has 0 N–H and O–H groups in total. The SMILES string of the molecule is C=Cc1cccc(OC(CCC)(CCC)CCC)c1. The van der Waals surface area contributed by atoms with Crippen LogP contribution >= 0.6 is 0 Å². The fourth-order valence-corrected chi connectivity index (χ4v) is 2.85. The Hall–Kier alpha value is -1.24. The lowest BCUT2D eigenvalue weighted by molar-refractivity contribution is 0.0390. The molecule has 0 radical (unpaired) electrons. The quantitative estimate of drug-likeness (QED) is 0.541. The highest BCUT2D eigenvalue weighted by Gasteiger charge is 2.29. The minimum atomic E-state index is 0.0119. The van der Waals surface area contributed by atoms with Crippen LogP contribution in [-0.2, 0) is 0 Å². The van der Waals surface area contributed by atoms with E-state index in [-0.39, 0.29) is 5.60 Å². The molecule has 0 atom stereocenters. The first kappa shape index (κ1) is 15.8. The molecule has 1 rings (SSSR count). The molecule has 0 aromatic heterocycles. The van der Waals surface area contributed by atoms with Crippen molar-refractivity contribution in [2.75, 3.05) is 0 Å². The summed E-state index contributed by atoms with van der Waals surface area (Å²) in [7, 11) is 0. The summed E-state index contributed by atoms with van der Waals surface area (Å²) in [6.45, 7) is 10.5. The maximum atomic E-state index is 6.42. The van der Waals surface area contributed by atoms with E-state index in [0.717, 1.165) is 30.6 Å². The third-order valence-electron chi connectivity index (χ3n) is 3.54. The zero-order valence-electron chi connectivity index (χ0n) is 12.7. The minimum absolute atomic E-state index is 0.0119.